The van der Waals surface area contributed by atoms with Crippen LogP contribution in [-0.2, 0) is 14.4 Å². The molecule has 164 valence electrons. The average molecular weight is 483 g/mol. The van der Waals surface area contributed by atoms with Crippen molar-refractivity contribution in [2.75, 3.05) is 19.6 Å². The summed E-state index contributed by atoms with van der Waals surface area (Å²) in [7, 11) is 0. The number of nitrogens with zero attached hydrogens (tertiary/aromatic N) is 1. The molecule has 2 rings (SSSR count). The Balaban J connectivity index is 1.74. The lowest BCUT2D eigenvalue weighted by molar-refractivity contribution is -0.137. The summed E-state index contributed by atoms with van der Waals surface area (Å²) in [6, 6.07) is 7.10. The number of benzene rings is 1. The van der Waals surface area contributed by atoms with Crippen molar-refractivity contribution in [3.05, 3.63) is 34.3 Å². The summed E-state index contributed by atoms with van der Waals surface area (Å²) in [5.74, 6) is -1.99. The number of carbonyl (C=O) groups excluding carboxylic acids is 4. The molecule has 4 amide bonds. The molecule has 1 saturated heterocycles. The Bertz CT molecular complexity index is 763. The molecule has 10 heteroatoms. The van der Waals surface area contributed by atoms with Crippen LogP contribution in [0, 0.1) is 5.92 Å². The number of piperidine rings is 1. The van der Waals surface area contributed by atoms with Gasteiger partial charge in [-0.3, -0.25) is 24.4 Å². The van der Waals surface area contributed by atoms with Gasteiger partial charge < -0.3 is 15.5 Å². The van der Waals surface area contributed by atoms with E-state index >= 15 is 0 Å². The molecule has 0 spiro atoms. The molecular weight excluding hydrogens is 456 g/mol. The second kappa shape index (κ2) is 11.7. The molecule has 1 atom stereocenters. The van der Waals surface area contributed by atoms with Crippen LogP contribution in [0.1, 0.15) is 43.0 Å². The minimum absolute atomic E-state index is 0.0127. The van der Waals surface area contributed by atoms with Gasteiger partial charge in [0, 0.05) is 41.5 Å². The maximum Gasteiger partial charge on any atom is 0.251 e. The normalized spacial score (nSPS) is 15.2. The summed E-state index contributed by atoms with van der Waals surface area (Å²) in [5.41, 5.74) is 2.09. The van der Waals surface area contributed by atoms with E-state index < -0.39 is 17.7 Å². The van der Waals surface area contributed by atoms with Crippen molar-refractivity contribution in [1.29, 1.82) is 0 Å². The minimum atomic E-state index is -0.643. The topological polar surface area (TPSA) is 128 Å². The van der Waals surface area contributed by atoms with E-state index in [1.54, 1.807) is 24.0 Å². The van der Waals surface area contributed by atoms with Gasteiger partial charge in [0.2, 0.25) is 17.7 Å². The Morgan fingerprint density at radius 1 is 1.17 bits per heavy atom. The molecule has 0 aromatic heterocycles. The van der Waals surface area contributed by atoms with Crippen LogP contribution >= 0.6 is 15.9 Å². The van der Waals surface area contributed by atoms with Crippen molar-refractivity contribution in [3.8, 4) is 0 Å². The third-order valence-corrected chi connectivity index (χ3v) is 5.65. The molecule has 1 aromatic rings. The maximum absolute atomic E-state index is 12.4. The van der Waals surface area contributed by atoms with Crippen LogP contribution in [0.5, 0.6) is 0 Å². The highest BCUT2D eigenvalue weighted by Crippen LogP contribution is 2.14. The first-order valence-electron chi connectivity index (χ1n) is 9.88. The molecule has 0 radical (unpaired) electrons. The molecule has 1 fully saturated rings. The monoisotopic (exact) mass is 482 g/mol. The second-order valence-electron chi connectivity index (χ2n) is 7.20. The first-order valence-corrected chi connectivity index (χ1v) is 10.7. The number of halogens is 1. The zero-order chi connectivity index (χ0) is 22.1. The van der Waals surface area contributed by atoms with Crippen molar-refractivity contribution >= 4 is 39.6 Å². The highest BCUT2D eigenvalue weighted by atomic mass is 79.9. The summed E-state index contributed by atoms with van der Waals surface area (Å²) in [6.45, 7) is 2.59. The van der Waals surface area contributed by atoms with E-state index in [2.05, 4.69) is 26.6 Å². The van der Waals surface area contributed by atoms with Gasteiger partial charge in [0.05, 0.1) is 6.54 Å². The molecular formula is C20H27BrN4O5. The van der Waals surface area contributed by atoms with Crippen LogP contribution in [0.4, 0.5) is 0 Å². The SMILES string of the molecule is CCC(CC(=O)NO)C(=O)NCC(=O)N1CCC(NC(=O)c2ccc(Br)cc2)CC1. The quantitative estimate of drug-likeness (QED) is 0.327. The van der Waals surface area contributed by atoms with E-state index in [1.807, 2.05) is 12.1 Å². The van der Waals surface area contributed by atoms with Crippen LogP contribution in [-0.4, -0.2) is 59.4 Å². The molecule has 0 bridgehead atoms. The lowest BCUT2D eigenvalue weighted by Gasteiger charge is -2.32. The van der Waals surface area contributed by atoms with Crippen LogP contribution in [0.2, 0.25) is 0 Å². The third-order valence-electron chi connectivity index (χ3n) is 5.12. The van der Waals surface area contributed by atoms with E-state index in [4.69, 9.17) is 5.21 Å². The summed E-state index contributed by atoms with van der Waals surface area (Å²) in [4.78, 5) is 49.7. The number of hydrogen-bond donors (Lipinski definition) is 4. The van der Waals surface area contributed by atoms with Crippen LogP contribution < -0.4 is 16.1 Å². The zero-order valence-electron chi connectivity index (χ0n) is 16.8. The number of likely N-dealkylation sites (tertiary alicyclic amines) is 1. The van der Waals surface area contributed by atoms with Gasteiger partial charge in [0.15, 0.2) is 0 Å². The van der Waals surface area contributed by atoms with Gasteiger partial charge in [-0.15, -0.1) is 0 Å². The lowest BCUT2D eigenvalue weighted by atomic mass is 10.0. The van der Waals surface area contributed by atoms with Crippen molar-refractivity contribution in [2.24, 2.45) is 5.92 Å². The molecule has 0 saturated carbocycles. The van der Waals surface area contributed by atoms with E-state index in [-0.39, 0.29) is 30.8 Å². The Morgan fingerprint density at radius 2 is 1.80 bits per heavy atom. The zero-order valence-corrected chi connectivity index (χ0v) is 18.4. The standard InChI is InChI=1S/C20H27BrN4O5/c1-2-13(11-17(26)24-30)19(28)22-12-18(27)25-9-7-16(8-10-25)23-20(29)14-3-5-15(21)6-4-14/h3-6,13,16,30H,2,7-12H2,1H3,(H,22,28)(H,23,29)(H,24,26). The maximum atomic E-state index is 12.4. The number of hydrogen-bond acceptors (Lipinski definition) is 5. The van der Waals surface area contributed by atoms with E-state index in [1.165, 1.54) is 5.48 Å². The molecule has 1 aliphatic heterocycles. The summed E-state index contributed by atoms with van der Waals surface area (Å²) in [6.07, 6.45) is 1.54. The van der Waals surface area contributed by atoms with Crippen LogP contribution in [0.15, 0.2) is 28.7 Å². The highest BCUT2D eigenvalue weighted by Gasteiger charge is 2.25. The Labute approximate surface area is 183 Å². The van der Waals surface area contributed by atoms with Crippen molar-refractivity contribution in [3.63, 3.8) is 0 Å². The molecule has 30 heavy (non-hydrogen) atoms. The third kappa shape index (κ3) is 7.10. The second-order valence-corrected chi connectivity index (χ2v) is 8.11. The molecule has 9 nitrogen and oxygen atoms in total. The molecule has 0 aliphatic carbocycles. The number of hydroxylamine groups is 1. The number of carbonyl (C=O) groups is 4. The number of rotatable bonds is 8. The molecule has 1 unspecified atom stereocenters. The van der Waals surface area contributed by atoms with Gasteiger partial charge in [0.1, 0.15) is 0 Å². The van der Waals surface area contributed by atoms with Gasteiger partial charge in [-0.2, -0.15) is 0 Å². The number of nitrogens with one attached hydrogen (secondary N) is 3. The van der Waals surface area contributed by atoms with Crippen molar-refractivity contribution < 1.29 is 24.4 Å². The summed E-state index contributed by atoms with van der Waals surface area (Å²) < 4.78 is 0.903. The fourth-order valence-electron chi connectivity index (χ4n) is 3.25. The van der Waals surface area contributed by atoms with Gasteiger partial charge in [0.25, 0.3) is 5.91 Å². The smallest absolute Gasteiger partial charge is 0.251 e. The Morgan fingerprint density at radius 3 is 2.37 bits per heavy atom. The lowest BCUT2D eigenvalue weighted by Crippen LogP contribution is -2.49. The first-order chi connectivity index (χ1) is 14.3. The summed E-state index contributed by atoms with van der Waals surface area (Å²) in [5, 5.41) is 14.1. The highest BCUT2D eigenvalue weighted by molar-refractivity contribution is 9.10. The van der Waals surface area contributed by atoms with Gasteiger partial charge >= 0.3 is 0 Å². The summed E-state index contributed by atoms with van der Waals surface area (Å²) >= 11 is 3.34. The van der Waals surface area contributed by atoms with E-state index in [0.717, 1.165) is 4.47 Å². The van der Waals surface area contributed by atoms with Crippen molar-refractivity contribution in [1.82, 2.24) is 21.0 Å². The van der Waals surface area contributed by atoms with Gasteiger partial charge in [-0.25, -0.2) is 5.48 Å². The van der Waals surface area contributed by atoms with Crippen LogP contribution in [0.3, 0.4) is 0 Å². The number of amides is 4. The predicted octanol–water partition coefficient (Wildman–Crippen LogP) is 1.21. The van der Waals surface area contributed by atoms with Crippen molar-refractivity contribution in [2.45, 2.75) is 38.6 Å². The van der Waals surface area contributed by atoms with E-state index in [0.29, 0.717) is 37.9 Å². The predicted molar refractivity (Wildman–Crippen MR) is 113 cm³/mol. The Hall–Kier alpha value is -2.46. The average Bonchev–Trinajstić information content (AvgIpc) is 2.76. The molecule has 1 aliphatic rings. The fourth-order valence-corrected chi connectivity index (χ4v) is 3.52. The molecule has 1 heterocycles. The van der Waals surface area contributed by atoms with Crippen LogP contribution in [0.25, 0.3) is 0 Å². The van der Waals surface area contributed by atoms with E-state index in [9.17, 15) is 19.2 Å². The fraction of sp³-hybridized carbons (Fsp3) is 0.500. The molecule has 4 N–H and O–H groups in total. The first kappa shape index (κ1) is 23.8. The largest absolute Gasteiger partial charge is 0.349 e. The van der Waals surface area contributed by atoms with Gasteiger partial charge in [-0.1, -0.05) is 22.9 Å². The minimum Gasteiger partial charge on any atom is -0.349 e. The molecule has 1 aromatic carbocycles. The van der Waals surface area contributed by atoms with Gasteiger partial charge in [-0.05, 0) is 43.5 Å². The Kier molecular flexibility index (Phi) is 9.25.